The normalized spacial score (nSPS) is 12.3. The van der Waals surface area contributed by atoms with Crippen molar-refractivity contribution in [3.63, 3.8) is 0 Å². The van der Waals surface area contributed by atoms with Gasteiger partial charge in [0.25, 0.3) is 0 Å². The van der Waals surface area contributed by atoms with E-state index in [-0.39, 0.29) is 19.2 Å². The van der Waals surface area contributed by atoms with Crippen molar-refractivity contribution in [3.05, 3.63) is 83.7 Å². The lowest BCUT2D eigenvalue weighted by Crippen LogP contribution is -2.09. The molecule has 0 aliphatic carbocycles. The predicted octanol–water partition coefficient (Wildman–Crippen LogP) is 3.62. The van der Waals surface area contributed by atoms with Crippen LogP contribution >= 0.6 is 0 Å². The maximum absolute atomic E-state index is 12.9. The number of benzene rings is 2. The molecule has 0 radical (unpaired) electrons. The molecule has 3 aromatic rings. The smallest absolute Gasteiger partial charge is 0.341 e. The van der Waals surface area contributed by atoms with Crippen LogP contribution in [0.1, 0.15) is 21.6 Å². The number of nitrogens with zero attached hydrogens (tertiary/aromatic N) is 1. The first-order valence-electron chi connectivity index (χ1n) is 9.31. The number of carboxylic acid groups (broad SMARTS) is 1. The lowest BCUT2D eigenvalue weighted by Gasteiger charge is -2.07. The van der Waals surface area contributed by atoms with Gasteiger partial charge in [-0.05, 0) is 48.0 Å². The Bertz CT molecular complexity index is 1110. The second kappa shape index (κ2) is 8.57. The van der Waals surface area contributed by atoms with E-state index in [9.17, 15) is 9.59 Å². The van der Waals surface area contributed by atoms with Gasteiger partial charge in [0.1, 0.15) is 5.75 Å². The van der Waals surface area contributed by atoms with Crippen molar-refractivity contribution in [2.75, 3.05) is 13.4 Å². The Hall–Kier alpha value is -4.00. The number of rotatable bonds is 8. The first-order chi connectivity index (χ1) is 14.6. The highest BCUT2D eigenvalue weighted by atomic mass is 16.7. The number of carboxylic acids is 1. The first kappa shape index (κ1) is 19.3. The average Bonchev–Trinajstić information content (AvgIpc) is 3.41. The third-order valence-corrected chi connectivity index (χ3v) is 4.53. The van der Waals surface area contributed by atoms with Crippen molar-refractivity contribution in [3.8, 4) is 17.2 Å². The SMILES string of the molecule is O=C(O)COc1cccc(C=CCn2cccc2C(=O)c2ccc3c(c2)OCO3)c1. The Labute approximate surface area is 172 Å². The summed E-state index contributed by atoms with van der Waals surface area (Å²) in [6.07, 6.45) is 5.66. The van der Waals surface area contributed by atoms with Crippen molar-refractivity contribution in [2.45, 2.75) is 6.54 Å². The summed E-state index contributed by atoms with van der Waals surface area (Å²) in [6, 6.07) is 15.9. The first-order valence-corrected chi connectivity index (χ1v) is 9.31. The van der Waals surface area contributed by atoms with Crippen molar-refractivity contribution < 1.29 is 28.9 Å². The minimum Gasteiger partial charge on any atom is -0.482 e. The van der Waals surface area contributed by atoms with E-state index in [0.717, 1.165) is 5.56 Å². The molecule has 0 spiro atoms. The van der Waals surface area contributed by atoms with Gasteiger partial charge in [-0.15, -0.1) is 0 Å². The van der Waals surface area contributed by atoms with E-state index in [0.29, 0.717) is 35.1 Å². The zero-order valence-corrected chi connectivity index (χ0v) is 16.0. The number of hydrogen-bond donors (Lipinski definition) is 1. The lowest BCUT2D eigenvalue weighted by molar-refractivity contribution is -0.139. The van der Waals surface area contributed by atoms with Gasteiger partial charge in [-0.3, -0.25) is 4.79 Å². The summed E-state index contributed by atoms with van der Waals surface area (Å²) >= 11 is 0. The van der Waals surface area contributed by atoms with Crippen LogP contribution in [0.3, 0.4) is 0 Å². The van der Waals surface area contributed by atoms with Crippen LogP contribution in [0.4, 0.5) is 0 Å². The summed E-state index contributed by atoms with van der Waals surface area (Å²) < 4.78 is 17.7. The summed E-state index contributed by atoms with van der Waals surface area (Å²) in [5, 5.41) is 8.71. The largest absolute Gasteiger partial charge is 0.482 e. The van der Waals surface area contributed by atoms with Crippen molar-refractivity contribution in [1.82, 2.24) is 4.57 Å². The number of carbonyl (C=O) groups is 2. The molecule has 4 rings (SSSR count). The average molecular weight is 405 g/mol. The van der Waals surface area contributed by atoms with Crippen molar-refractivity contribution >= 4 is 17.8 Å². The van der Waals surface area contributed by atoms with Gasteiger partial charge >= 0.3 is 5.97 Å². The second-order valence-corrected chi connectivity index (χ2v) is 6.60. The molecule has 0 bridgehead atoms. The third-order valence-electron chi connectivity index (χ3n) is 4.53. The fourth-order valence-corrected chi connectivity index (χ4v) is 3.12. The molecule has 1 aliphatic heterocycles. The second-order valence-electron chi connectivity index (χ2n) is 6.60. The van der Waals surface area contributed by atoms with E-state index in [4.69, 9.17) is 19.3 Å². The number of allylic oxidation sites excluding steroid dienone is 1. The van der Waals surface area contributed by atoms with Crippen molar-refractivity contribution in [2.24, 2.45) is 0 Å². The molecule has 0 fully saturated rings. The molecular weight excluding hydrogens is 386 g/mol. The van der Waals surface area contributed by atoms with Crippen molar-refractivity contribution in [1.29, 1.82) is 0 Å². The molecule has 30 heavy (non-hydrogen) atoms. The molecule has 0 unspecified atom stereocenters. The van der Waals surface area contributed by atoms with Crippen LogP contribution in [0.25, 0.3) is 6.08 Å². The molecule has 7 heteroatoms. The van der Waals surface area contributed by atoms with Crippen LogP contribution in [0.15, 0.2) is 66.9 Å². The number of hydrogen-bond acceptors (Lipinski definition) is 5. The van der Waals surface area contributed by atoms with Gasteiger partial charge < -0.3 is 23.9 Å². The highest BCUT2D eigenvalue weighted by molar-refractivity contribution is 6.08. The molecule has 1 N–H and O–H groups in total. The van der Waals surface area contributed by atoms with E-state index < -0.39 is 5.97 Å². The van der Waals surface area contributed by atoms with E-state index in [1.54, 1.807) is 42.5 Å². The zero-order valence-electron chi connectivity index (χ0n) is 16.0. The summed E-state index contributed by atoms with van der Waals surface area (Å²) in [5.41, 5.74) is 1.97. The van der Waals surface area contributed by atoms with Gasteiger partial charge in [0.05, 0.1) is 5.69 Å². The minimum absolute atomic E-state index is 0.101. The number of aromatic nitrogens is 1. The topological polar surface area (TPSA) is 87.0 Å². The fraction of sp³-hybridized carbons (Fsp3) is 0.130. The molecule has 0 atom stereocenters. The van der Waals surface area contributed by atoms with Gasteiger partial charge in [0.2, 0.25) is 12.6 Å². The fourth-order valence-electron chi connectivity index (χ4n) is 3.12. The molecule has 152 valence electrons. The van der Waals surface area contributed by atoms with Crippen LogP contribution in [0.2, 0.25) is 0 Å². The Morgan fingerprint density at radius 3 is 2.80 bits per heavy atom. The molecule has 0 amide bonds. The Morgan fingerprint density at radius 1 is 1.07 bits per heavy atom. The van der Waals surface area contributed by atoms with Crippen LogP contribution in [0.5, 0.6) is 17.2 Å². The number of ether oxygens (including phenoxy) is 3. The van der Waals surface area contributed by atoms with E-state index >= 15 is 0 Å². The van der Waals surface area contributed by atoms with Gasteiger partial charge in [0, 0.05) is 18.3 Å². The van der Waals surface area contributed by atoms with Gasteiger partial charge in [-0.25, -0.2) is 4.79 Å². The van der Waals surface area contributed by atoms with Crippen LogP contribution in [0, 0.1) is 0 Å². The molecule has 7 nitrogen and oxygen atoms in total. The molecule has 0 saturated carbocycles. The zero-order chi connectivity index (χ0) is 20.9. The summed E-state index contributed by atoms with van der Waals surface area (Å²) in [4.78, 5) is 23.6. The highest BCUT2D eigenvalue weighted by Crippen LogP contribution is 2.33. The number of fused-ring (bicyclic) bond motifs is 1. The summed E-state index contributed by atoms with van der Waals surface area (Å²) in [5.74, 6) is 0.571. The molecule has 1 aromatic heterocycles. The Balaban J connectivity index is 1.44. The van der Waals surface area contributed by atoms with Crippen LogP contribution in [-0.2, 0) is 11.3 Å². The van der Waals surface area contributed by atoms with Crippen LogP contribution in [-0.4, -0.2) is 34.8 Å². The quantitative estimate of drug-likeness (QED) is 0.576. The van der Waals surface area contributed by atoms with E-state index in [1.807, 2.05) is 35.0 Å². The molecule has 2 heterocycles. The van der Waals surface area contributed by atoms with Crippen LogP contribution < -0.4 is 14.2 Å². The Kier molecular flexibility index (Phi) is 5.52. The molecule has 1 aliphatic rings. The standard InChI is InChI=1S/C23H19NO6/c25-22(26)14-28-18-6-1-4-16(12-18)5-2-10-24-11-3-7-19(24)23(27)17-8-9-20-21(13-17)30-15-29-20/h1-9,11-13H,10,14-15H2,(H,25,26). The Morgan fingerprint density at radius 2 is 1.93 bits per heavy atom. The minimum atomic E-state index is -1.02. The summed E-state index contributed by atoms with van der Waals surface area (Å²) in [7, 11) is 0. The molecule has 0 saturated heterocycles. The predicted molar refractivity (Wildman–Crippen MR) is 109 cm³/mol. The maximum atomic E-state index is 12.9. The monoisotopic (exact) mass is 405 g/mol. The maximum Gasteiger partial charge on any atom is 0.341 e. The lowest BCUT2D eigenvalue weighted by atomic mass is 10.1. The van der Waals surface area contributed by atoms with E-state index in [1.165, 1.54) is 0 Å². The number of carbonyl (C=O) groups excluding carboxylic acids is 1. The number of aliphatic carboxylic acids is 1. The number of ketones is 1. The highest BCUT2D eigenvalue weighted by Gasteiger charge is 2.18. The molecule has 2 aromatic carbocycles. The third kappa shape index (κ3) is 4.35. The van der Waals surface area contributed by atoms with Gasteiger partial charge in [-0.2, -0.15) is 0 Å². The summed E-state index contributed by atoms with van der Waals surface area (Å²) in [6.45, 7) is 0.275. The molecular formula is C23H19NO6. The van der Waals surface area contributed by atoms with E-state index in [2.05, 4.69) is 0 Å². The van der Waals surface area contributed by atoms with Gasteiger partial charge in [0.15, 0.2) is 18.1 Å². The van der Waals surface area contributed by atoms with Gasteiger partial charge in [-0.1, -0.05) is 24.3 Å².